The van der Waals surface area contributed by atoms with Crippen molar-refractivity contribution in [2.24, 2.45) is 0 Å². The summed E-state index contributed by atoms with van der Waals surface area (Å²) in [7, 11) is 0. The molecule has 4 aromatic rings. The lowest BCUT2D eigenvalue weighted by Crippen LogP contribution is -2.52. The van der Waals surface area contributed by atoms with Crippen molar-refractivity contribution in [2.75, 3.05) is 31.5 Å². The van der Waals surface area contributed by atoms with Gasteiger partial charge in [-0.1, -0.05) is 66.7 Å². The molecule has 0 spiro atoms. The van der Waals surface area contributed by atoms with Crippen LogP contribution in [0.1, 0.15) is 70.5 Å². The summed E-state index contributed by atoms with van der Waals surface area (Å²) in [5, 5.41) is 13.7. The maximum atomic E-state index is 14.2. The molecule has 0 aromatic heterocycles. The predicted octanol–water partition coefficient (Wildman–Crippen LogP) is 7.68. The number of benzene rings is 4. The minimum atomic E-state index is -4.52. The molecule has 1 atom stereocenters. The van der Waals surface area contributed by atoms with E-state index in [0.29, 0.717) is 24.2 Å². The molecular formula is C40H40F3N3O5. The first-order valence-corrected chi connectivity index (χ1v) is 17.0. The molecule has 0 bridgehead atoms. The van der Waals surface area contributed by atoms with Gasteiger partial charge in [-0.15, -0.1) is 0 Å². The topological polar surface area (TPSA) is 107 Å². The largest absolute Gasteiger partial charge is 0.480 e. The number of halogens is 3. The third-order valence-corrected chi connectivity index (χ3v) is 9.49. The van der Waals surface area contributed by atoms with E-state index in [9.17, 15) is 37.5 Å². The molecule has 1 aliphatic heterocycles. The Labute approximate surface area is 294 Å². The van der Waals surface area contributed by atoms with Gasteiger partial charge in [0.1, 0.15) is 0 Å². The minimum Gasteiger partial charge on any atom is -0.480 e. The molecule has 5 rings (SSSR count). The molecular weight excluding hydrogens is 659 g/mol. The smallest absolute Gasteiger partial charge is 0.416 e. The highest BCUT2D eigenvalue weighted by Gasteiger charge is 2.49. The van der Waals surface area contributed by atoms with Crippen LogP contribution in [0.5, 0.6) is 0 Å². The van der Waals surface area contributed by atoms with Crippen molar-refractivity contribution in [2.45, 2.75) is 51.1 Å². The SMILES string of the molecule is CCN(CC)C(=O)C(CCc1ccccc1)(C(=O)O)c1ccc(NC(=O)c2ccccc2-c2ccc(C(F)(F)F)cc2)c(C(=O)N2CCCC2)c1. The number of carboxylic acids is 1. The maximum absolute atomic E-state index is 14.2. The van der Waals surface area contributed by atoms with Crippen LogP contribution in [0.4, 0.5) is 18.9 Å². The second kappa shape index (κ2) is 15.6. The molecule has 1 unspecified atom stereocenters. The zero-order valence-corrected chi connectivity index (χ0v) is 28.5. The maximum Gasteiger partial charge on any atom is 0.416 e. The summed E-state index contributed by atoms with van der Waals surface area (Å²) in [5.74, 6) is -2.99. The normalized spacial score (nSPS) is 14.1. The van der Waals surface area contributed by atoms with Crippen molar-refractivity contribution in [3.63, 3.8) is 0 Å². The van der Waals surface area contributed by atoms with Crippen LogP contribution in [0.3, 0.4) is 0 Å². The van der Waals surface area contributed by atoms with Crippen LogP contribution in [0.25, 0.3) is 11.1 Å². The monoisotopic (exact) mass is 699 g/mol. The van der Waals surface area contributed by atoms with Crippen LogP contribution in [0, 0.1) is 0 Å². The first-order chi connectivity index (χ1) is 24.4. The van der Waals surface area contributed by atoms with Gasteiger partial charge in [-0.2, -0.15) is 13.2 Å². The standard InChI is InChI=1S/C40H40F3N3O5/c1-3-45(4-2)37(49)39(38(50)51,23-22-27-12-6-5-7-13-27)30-20-21-34(33(26-30)36(48)46-24-10-11-25-46)44-35(47)32-15-9-8-14-31(32)28-16-18-29(19-17-28)40(41,42)43/h5-9,12-21,26H,3-4,10-11,22-25H2,1-2H3,(H,44,47)(H,50,51). The number of hydrogen-bond acceptors (Lipinski definition) is 4. The Balaban J connectivity index is 1.59. The van der Waals surface area contributed by atoms with Gasteiger partial charge in [-0.25, -0.2) is 0 Å². The van der Waals surface area contributed by atoms with Gasteiger partial charge < -0.3 is 20.2 Å². The lowest BCUT2D eigenvalue weighted by atomic mass is 9.73. The van der Waals surface area contributed by atoms with Gasteiger partial charge in [0.2, 0.25) is 5.91 Å². The number of nitrogens with one attached hydrogen (secondary N) is 1. The average Bonchev–Trinajstić information content (AvgIpc) is 3.68. The van der Waals surface area contributed by atoms with Crippen molar-refractivity contribution >= 4 is 29.4 Å². The fourth-order valence-electron chi connectivity index (χ4n) is 6.60. The van der Waals surface area contributed by atoms with Crippen molar-refractivity contribution in [1.82, 2.24) is 9.80 Å². The zero-order valence-electron chi connectivity index (χ0n) is 28.5. The Hall–Kier alpha value is -5.45. The number of likely N-dealkylation sites (N-methyl/N-ethyl adjacent to an activating group) is 1. The first-order valence-electron chi connectivity index (χ1n) is 17.0. The summed E-state index contributed by atoms with van der Waals surface area (Å²) >= 11 is 0. The number of anilines is 1. The molecule has 0 aliphatic carbocycles. The van der Waals surface area contributed by atoms with E-state index in [-0.39, 0.29) is 48.3 Å². The van der Waals surface area contributed by atoms with E-state index in [0.717, 1.165) is 30.5 Å². The second-order valence-corrected chi connectivity index (χ2v) is 12.5. The number of alkyl halides is 3. The third kappa shape index (κ3) is 7.82. The highest BCUT2D eigenvalue weighted by molar-refractivity contribution is 6.13. The highest BCUT2D eigenvalue weighted by atomic mass is 19.4. The van der Waals surface area contributed by atoms with Crippen LogP contribution in [0.2, 0.25) is 0 Å². The highest BCUT2D eigenvalue weighted by Crippen LogP contribution is 2.37. The number of aryl methyl sites for hydroxylation is 1. The van der Waals surface area contributed by atoms with Crippen molar-refractivity contribution in [1.29, 1.82) is 0 Å². The number of carbonyl (C=O) groups excluding carboxylic acids is 3. The predicted molar refractivity (Wildman–Crippen MR) is 188 cm³/mol. The first kappa shape index (κ1) is 36.8. The molecule has 1 aliphatic rings. The molecule has 1 saturated heterocycles. The van der Waals surface area contributed by atoms with E-state index in [4.69, 9.17) is 0 Å². The van der Waals surface area contributed by atoms with Gasteiger partial charge >= 0.3 is 12.1 Å². The molecule has 8 nitrogen and oxygen atoms in total. The number of nitrogens with zero attached hydrogens (tertiary/aromatic N) is 2. The molecule has 1 heterocycles. The Bertz CT molecular complexity index is 1890. The molecule has 11 heteroatoms. The van der Waals surface area contributed by atoms with E-state index in [2.05, 4.69) is 5.32 Å². The van der Waals surface area contributed by atoms with Crippen molar-refractivity contribution in [3.8, 4) is 11.1 Å². The fraction of sp³-hybridized carbons (Fsp3) is 0.300. The van der Waals surface area contributed by atoms with E-state index in [1.807, 2.05) is 30.3 Å². The van der Waals surface area contributed by atoms with Gasteiger partial charge in [0.05, 0.1) is 16.8 Å². The van der Waals surface area contributed by atoms with Crippen LogP contribution in [-0.4, -0.2) is 64.8 Å². The van der Waals surface area contributed by atoms with Crippen LogP contribution < -0.4 is 5.32 Å². The minimum absolute atomic E-state index is 0.0347. The molecule has 0 radical (unpaired) electrons. The molecule has 51 heavy (non-hydrogen) atoms. The van der Waals surface area contributed by atoms with Crippen LogP contribution in [0.15, 0.2) is 97.1 Å². The Morgan fingerprint density at radius 1 is 0.784 bits per heavy atom. The lowest BCUT2D eigenvalue weighted by Gasteiger charge is -2.34. The van der Waals surface area contributed by atoms with Gasteiger partial charge in [-0.3, -0.25) is 19.2 Å². The number of hydrogen-bond donors (Lipinski definition) is 2. The Morgan fingerprint density at radius 3 is 2.00 bits per heavy atom. The number of amides is 3. The Kier molecular flexibility index (Phi) is 11.3. The lowest BCUT2D eigenvalue weighted by molar-refractivity contribution is -0.154. The number of rotatable bonds is 12. The van der Waals surface area contributed by atoms with E-state index >= 15 is 0 Å². The van der Waals surface area contributed by atoms with Crippen molar-refractivity contribution in [3.05, 3.63) is 125 Å². The van der Waals surface area contributed by atoms with E-state index in [1.54, 1.807) is 36.9 Å². The summed E-state index contributed by atoms with van der Waals surface area (Å²) in [5.41, 5.74) is -0.833. The number of carboxylic acid groups (broad SMARTS) is 1. The summed E-state index contributed by atoms with van der Waals surface area (Å²) < 4.78 is 39.7. The third-order valence-electron chi connectivity index (χ3n) is 9.49. The quantitative estimate of drug-likeness (QED) is 0.148. The second-order valence-electron chi connectivity index (χ2n) is 12.5. The van der Waals surface area contributed by atoms with Gasteiger partial charge in [0.25, 0.3) is 11.8 Å². The molecule has 1 fully saturated rings. The fourth-order valence-corrected chi connectivity index (χ4v) is 6.60. The van der Waals surface area contributed by atoms with Gasteiger partial charge in [0.15, 0.2) is 5.41 Å². The molecule has 266 valence electrons. The molecule has 3 amide bonds. The molecule has 4 aromatic carbocycles. The molecule has 2 N–H and O–H groups in total. The summed E-state index contributed by atoms with van der Waals surface area (Å²) in [6.45, 7) is 5.06. The summed E-state index contributed by atoms with van der Waals surface area (Å²) in [6.07, 6.45) is -2.76. The Morgan fingerprint density at radius 2 is 1.39 bits per heavy atom. The number of aliphatic carboxylic acids is 1. The zero-order chi connectivity index (χ0) is 36.8. The number of carbonyl (C=O) groups is 4. The van der Waals surface area contributed by atoms with Gasteiger partial charge in [0, 0.05) is 31.7 Å². The summed E-state index contributed by atoms with van der Waals surface area (Å²) in [4.78, 5) is 58.7. The van der Waals surface area contributed by atoms with Gasteiger partial charge in [-0.05, 0) is 92.1 Å². The van der Waals surface area contributed by atoms with Crippen LogP contribution >= 0.6 is 0 Å². The van der Waals surface area contributed by atoms with E-state index < -0.39 is 40.8 Å². The molecule has 0 saturated carbocycles. The average molecular weight is 700 g/mol. The van der Waals surface area contributed by atoms with Crippen LogP contribution in [-0.2, 0) is 27.6 Å². The van der Waals surface area contributed by atoms with E-state index in [1.165, 1.54) is 41.3 Å². The number of likely N-dealkylation sites (tertiary alicyclic amines) is 1. The summed E-state index contributed by atoms with van der Waals surface area (Å²) in [6, 6.07) is 24.5. The van der Waals surface area contributed by atoms with Crippen molar-refractivity contribution < 1.29 is 37.5 Å².